The average Bonchev–Trinajstić information content (AvgIpc) is 3.07. The van der Waals surface area contributed by atoms with Crippen LogP contribution in [0.1, 0.15) is 17.4 Å². The second-order valence-corrected chi connectivity index (χ2v) is 11.7. The Kier molecular flexibility index (Phi) is 8.06. The van der Waals surface area contributed by atoms with Gasteiger partial charge in [0.05, 0.1) is 6.61 Å². The van der Waals surface area contributed by atoms with Gasteiger partial charge in [0, 0.05) is 18.0 Å². The first-order valence-corrected chi connectivity index (χ1v) is 14.0. The first-order valence-electron chi connectivity index (χ1n) is 11.4. The monoisotopic (exact) mass is 589 g/mol. The van der Waals surface area contributed by atoms with Crippen molar-refractivity contribution in [1.29, 1.82) is 0 Å². The second kappa shape index (κ2) is 10.9. The van der Waals surface area contributed by atoms with Gasteiger partial charge in [0.15, 0.2) is 12.3 Å². The summed E-state index contributed by atoms with van der Waals surface area (Å²) in [6.45, 7) is -2.03. The van der Waals surface area contributed by atoms with Gasteiger partial charge in [-0.2, -0.15) is 13.8 Å². The number of aliphatic hydroxyl groups is 1. The number of hydrogen-bond donors (Lipinski definition) is 2. The topological polar surface area (TPSA) is 118 Å². The smallest absolute Gasteiger partial charge is 0.416 e. The summed E-state index contributed by atoms with van der Waals surface area (Å²) in [6, 6.07) is 13.8. The highest BCUT2D eigenvalue weighted by Crippen LogP contribution is 2.56. The lowest BCUT2D eigenvalue weighted by atomic mass is 9.95. The largest absolute Gasteiger partial charge is 0.435 e. The van der Waals surface area contributed by atoms with Gasteiger partial charge in [-0.1, -0.05) is 35.4 Å². The molecule has 9 nitrogen and oxygen atoms in total. The third kappa shape index (κ3) is 5.80. The molecule has 39 heavy (non-hydrogen) atoms. The lowest BCUT2D eigenvalue weighted by Gasteiger charge is -2.34. The molecule has 0 unspecified atom stereocenters. The van der Waals surface area contributed by atoms with Crippen molar-refractivity contribution >= 4 is 24.3 Å². The summed E-state index contributed by atoms with van der Waals surface area (Å²) < 4.78 is 81.9. The zero-order valence-corrected chi connectivity index (χ0v) is 22.3. The molecule has 1 aromatic heterocycles. The maximum atomic E-state index is 15.4. The summed E-state index contributed by atoms with van der Waals surface area (Å²) in [4.78, 5) is 15.6. The molecule has 210 valence electrons. The summed E-state index contributed by atoms with van der Waals surface area (Å²) >= 11 is 5.42. The van der Waals surface area contributed by atoms with Crippen LogP contribution in [0.3, 0.4) is 0 Å². The van der Waals surface area contributed by atoms with E-state index in [0.29, 0.717) is 4.57 Å². The molecule has 0 spiro atoms. The molecule has 1 fully saturated rings. The van der Waals surface area contributed by atoms with Crippen LogP contribution < -0.4 is 20.5 Å². The van der Waals surface area contributed by atoms with Crippen LogP contribution in [-0.4, -0.2) is 45.3 Å². The molecule has 0 radical (unpaired) electrons. The van der Waals surface area contributed by atoms with E-state index in [4.69, 9.17) is 35.8 Å². The van der Waals surface area contributed by atoms with Crippen molar-refractivity contribution in [3.05, 3.63) is 82.4 Å². The number of alkyl halides is 4. The molecular formula is C24H24F4N3O6PS. The first-order chi connectivity index (χ1) is 18.3. The Bertz CT molecular complexity index is 1380. The van der Waals surface area contributed by atoms with Gasteiger partial charge in [-0.15, -0.1) is 0 Å². The molecule has 1 aliphatic rings. The molecule has 4 rings (SSSR count). The Morgan fingerprint density at radius 3 is 2.05 bits per heavy atom. The van der Waals surface area contributed by atoms with Crippen LogP contribution in [0, 0.1) is 13.8 Å². The fraction of sp³-hybridized carbons (Fsp3) is 0.333. The van der Waals surface area contributed by atoms with Gasteiger partial charge in [-0.25, -0.2) is 13.6 Å². The summed E-state index contributed by atoms with van der Waals surface area (Å²) in [6.07, 6.45) is -8.14. The Morgan fingerprint density at radius 1 is 1.08 bits per heavy atom. The number of hydrogen-bond acceptors (Lipinski definition) is 9. The van der Waals surface area contributed by atoms with Gasteiger partial charge in [0.2, 0.25) is 5.60 Å². The maximum Gasteiger partial charge on any atom is 0.435 e. The summed E-state index contributed by atoms with van der Waals surface area (Å²) in [7, 11) is 0. The highest BCUT2D eigenvalue weighted by molar-refractivity contribution is 8.07. The molecule has 0 aliphatic carbocycles. The molecule has 0 saturated carbocycles. The van der Waals surface area contributed by atoms with Crippen molar-refractivity contribution < 1.29 is 41.0 Å². The van der Waals surface area contributed by atoms with Crippen molar-refractivity contribution in [2.24, 2.45) is 0 Å². The van der Waals surface area contributed by atoms with Gasteiger partial charge >= 0.3 is 18.3 Å². The highest BCUT2D eigenvalue weighted by atomic mass is 32.5. The molecule has 2 aromatic carbocycles. The van der Waals surface area contributed by atoms with Crippen LogP contribution in [0.5, 0.6) is 11.5 Å². The number of aliphatic hydroxyl groups excluding tert-OH is 1. The van der Waals surface area contributed by atoms with E-state index in [1.54, 1.807) is 24.3 Å². The number of nitrogen functional groups attached to an aromatic ring is 1. The number of rotatable bonds is 9. The van der Waals surface area contributed by atoms with E-state index in [0.717, 1.165) is 23.4 Å². The van der Waals surface area contributed by atoms with Crippen LogP contribution >= 0.6 is 6.72 Å². The SMILES string of the molecule is Cc1ccc(OP(=S)(OC[C@@]2(C(F)F)O[C@@H](n3ccc(N)nc3=O)[C@H](O)C2(F)F)Oc2ccc(C)cc2)cc1. The molecule has 0 bridgehead atoms. The molecular weight excluding hydrogens is 565 g/mol. The van der Waals surface area contributed by atoms with Crippen LogP contribution in [0.4, 0.5) is 23.4 Å². The summed E-state index contributed by atoms with van der Waals surface area (Å²) in [5, 5.41) is 10.3. The minimum absolute atomic E-state index is 0.138. The fourth-order valence-corrected chi connectivity index (χ4v) is 5.64. The maximum absolute atomic E-state index is 15.4. The number of anilines is 1. The number of nitrogens with two attached hydrogens (primary N) is 1. The lowest BCUT2D eigenvalue weighted by Crippen LogP contribution is -2.57. The van der Waals surface area contributed by atoms with Crippen molar-refractivity contribution in [2.75, 3.05) is 12.3 Å². The number of ether oxygens (including phenoxy) is 1. The third-order valence-electron chi connectivity index (χ3n) is 5.93. The zero-order chi connectivity index (χ0) is 28.6. The molecule has 2 heterocycles. The average molecular weight is 590 g/mol. The molecule has 1 aliphatic heterocycles. The quantitative estimate of drug-likeness (QED) is 0.277. The van der Waals surface area contributed by atoms with Gasteiger partial charge in [-0.3, -0.25) is 9.09 Å². The lowest BCUT2D eigenvalue weighted by molar-refractivity contribution is -0.242. The van der Waals surface area contributed by atoms with Crippen molar-refractivity contribution in [2.45, 2.75) is 44.1 Å². The van der Waals surface area contributed by atoms with Gasteiger partial charge in [0.25, 0.3) is 6.43 Å². The third-order valence-corrected chi connectivity index (χ3v) is 8.01. The highest BCUT2D eigenvalue weighted by Gasteiger charge is 2.74. The van der Waals surface area contributed by atoms with Crippen LogP contribution in [0.2, 0.25) is 0 Å². The van der Waals surface area contributed by atoms with E-state index in [1.165, 1.54) is 24.3 Å². The normalized spacial score (nSPS) is 22.7. The van der Waals surface area contributed by atoms with Gasteiger partial charge in [-0.05, 0) is 44.2 Å². The van der Waals surface area contributed by atoms with Crippen LogP contribution in [0.25, 0.3) is 0 Å². The van der Waals surface area contributed by atoms with E-state index < -0.39 is 49.3 Å². The van der Waals surface area contributed by atoms with Gasteiger partial charge in [0.1, 0.15) is 17.3 Å². The van der Waals surface area contributed by atoms with Gasteiger partial charge < -0.3 is 24.6 Å². The first kappa shape index (κ1) is 29.0. The molecule has 3 N–H and O–H groups in total. The number of aromatic nitrogens is 2. The van der Waals surface area contributed by atoms with E-state index in [-0.39, 0.29) is 17.3 Å². The van der Waals surface area contributed by atoms with Crippen LogP contribution in [0.15, 0.2) is 65.6 Å². The van der Waals surface area contributed by atoms with E-state index in [2.05, 4.69) is 4.98 Å². The number of benzene rings is 2. The van der Waals surface area contributed by atoms with Crippen molar-refractivity contribution in [3.8, 4) is 11.5 Å². The number of nitrogens with zero attached hydrogens (tertiary/aromatic N) is 2. The molecule has 3 atom stereocenters. The van der Waals surface area contributed by atoms with E-state index >= 15 is 8.78 Å². The molecule has 0 amide bonds. The Balaban J connectivity index is 1.68. The minimum atomic E-state index is -4.62. The predicted octanol–water partition coefficient (Wildman–Crippen LogP) is 4.37. The Labute approximate surface area is 225 Å². The minimum Gasteiger partial charge on any atom is -0.416 e. The standard InChI is InChI=1S/C24H24F4N3O6PS/c1-14-3-7-16(8-4-14)36-38(39,37-17-9-5-15(2)6-10-17)34-13-23(21(25)26)24(27,28)19(32)20(35-23)31-12-11-18(29)30-22(31)33/h3-12,19-21,32H,13H2,1-2H3,(H2,29,30,33)/t19-,20+,23-/m0/s1. The number of aryl methyl sites for hydroxylation is 2. The molecule has 3 aromatic rings. The van der Waals surface area contributed by atoms with E-state index in [9.17, 15) is 18.7 Å². The van der Waals surface area contributed by atoms with Crippen molar-refractivity contribution in [3.63, 3.8) is 0 Å². The second-order valence-electron chi connectivity index (χ2n) is 8.84. The zero-order valence-electron chi connectivity index (χ0n) is 20.5. The molecule has 1 saturated heterocycles. The fourth-order valence-electron chi connectivity index (χ4n) is 3.71. The summed E-state index contributed by atoms with van der Waals surface area (Å²) in [5.41, 5.74) is 2.21. The molecule has 15 heteroatoms. The summed E-state index contributed by atoms with van der Waals surface area (Å²) in [5.74, 6) is -4.60. The van der Waals surface area contributed by atoms with E-state index in [1.807, 2.05) is 13.8 Å². The predicted molar refractivity (Wildman–Crippen MR) is 137 cm³/mol. The Hall–Kier alpha value is -3.03. The number of halogens is 4. The Morgan fingerprint density at radius 2 is 1.59 bits per heavy atom. The van der Waals surface area contributed by atoms with Crippen LogP contribution in [-0.2, 0) is 21.1 Å². The van der Waals surface area contributed by atoms with Crippen molar-refractivity contribution in [1.82, 2.24) is 9.55 Å².